The van der Waals surface area contributed by atoms with E-state index in [-0.39, 0.29) is 54.5 Å². The zero-order valence-corrected chi connectivity index (χ0v) is 26.8. The minimum Gasteiger partial charge on any atom is -0.493 e. The van der Waals surface area contributed by atoms with Crippen LogP contribution in [0.25, 0.3) is 0 Å². The van der Waals surface area contributed by atoms with Gasteiger partial charge in [0.05, 0.1) is 43.1 Å². The molecule has 46 heavy (non-hydrogen) atoms. The number of rotatable bonds is 7. The molecule has 2 heterocycles. The second-order valence-electron chi connectivity index (χ2n) is 11.4. The third kappa shape index (κ3) is 8.04. The van der Waals surface area contributed by atoms with Gasteiger partial charge in [-0.3, -0.25) is 14.4 Å². The number of sulfone groups is 1. The number of piperidine rings is 1. The van der Waals surface area contributed by atoms with Crippen LogP contribution in [-0.4, -0.2) is 87.1 Å². The van der Waals surface area contributed by atoms with Gasteiger partial charge < -0.3 is 29.3 Å². The molecule has 2 aliphatic rings. The van der Waals surface area contributed by atoms with E-state index >= 15 is 0 Å². The quantitative estimate of drug-likeness (QED) is 0.409. The second kappa shape index (κ2) is 14.8. The minimum absolute atomic E-state index is 0.156. The van der Waals surface area contributed by atoms with Crippen molar-refractivity contribution in [1.82, 2.24) is 15.1 Å². The van der Waals surface area contributed by atoms with Crippen LogP contribution in [0.5, 0.6) is 17.2 Å². The summed E-state index contributed by atoms with van der Waals surface area (Å²) in [4.78, 5) is 43.4. The number of carbonyl (C=O) groups is 3. The molecule has 3 aromatic rings. The average Bonchev–Trinajstić information content (AvgIpc) is 3.06. The molecule has 1 N–H and O–H groups in total. The first-order valence-corrected chi connectivity index (χ1v) is 17.0. The zero-order valence-electron chi connectivity index (χ0n) is 26.0. The Balaban J connectivity index is 1.37. The highest BCUT2D eigenvalue weighted by molar-refractivity contribution is 7.91. The Bertz CT molecular complexity index is 1660. The second-order valence-corrected chi connectivity index (χ2v) is 13.5. The summed E-state index contributed by atoms with van der Waals surface area (Å²) < 4.78 is 43.5. The molecule has 0 saturated carbocycles. The lowest BCUT2D eigenvalue weighted by Gasteiger charge is -2.39. The summed E-state index contributed by atoms with van der Waals surface area (Å²) in [6.07, 6.45) is 0.309. The summed E-state index contributed by atoms with van der Waals surface area (Å²) >= 11 is 0. The first kappa shape index (κ1) is 33.0. The topological polar surface area (TPSA) is 132 Å². The highest BCUT2D eigenvalue weighted by Crippen LogP contribution is 2.33. The summed E-state index contributed by atoms with van der Waals surface area (Å²) in [5.41, 5.74) is 1.16. The third-order valence-electron chi connectivity index (χ3n) is 8.06. The van der Waals surface area contributed by atoms with Crippen molar-refractivity contribution in [1.29, 1.82) is 0 Å². The first-order chi connectivity index (χ1) is 22.2. The van der Waals surface area contributed by atoms with Gasteiger partial charge in [0, 0.05) is 31.6 Å². The van der Waals surface area contributed by atoms with Crippen molar-refractivity contribution >= 4 is 27.6 Å². The molecule has 4 bridgehead atoms. The number of methoxy groups -OCH3 is 1. The van der Waals surface area contributed by atoms with E-state index in [4.69, 9.17) is 14.2 Å². The van der Waals surface area contributed by atoms with Crippen LogP contribution in [0.4, 0.5) is 0 Å². The number of nitrogens with zero attached hydrogens (tertiary/aromatic N) is 2. The molecule has 244 valence electrons. The van der Waals surface area contributed by atoms with Gasteiger partial charge in [-0.15, -0.1) is 0 Å². The van der Waals surface area contributed by atoms with E-state index in [1.807, 2.05) is 25.1 Å². The number of hydrogen-bond acceptors (Lipinski definition) is 8. The fraction of sp³-hybridized carbons (Fsp3) is 0.382. The van der Waals surface area contributed by atoms with E-state index in [2.05, 4.69) is 5.32 Å². The normalized spacial score (nSPS) is 19.1. The SMILES string of the molecule is CCCN1CC(=O)N[C@H]2CCN(C(=O)CCS(=O)(=O)c3ccccc3)C[C@@H]2OCc2cccc(c2)Oc2cc(ccc2OC)C1=O. The fourth-order valence-corrected chi connectivity index (χ4v) is 6.90. The van der Waals surface area contributed by atoms with Gasteiger partial charge in [0.15, 0.2) is 21.3 Å². The molecule has 2 aliphatic heterocycles. The van der Waals surface area contributed by atoms with Gasteiger partial charge in [-0.1, -0.05) is 37.3 Å². The van der Waals surface area contributed by atoms with E-state index in [0.29, 0.717) is 48.7 Å². The molecule has 1 saturated heterocycles. The maximum Gasteiger partial charge on any atom is 0.254 e. The Morgan fingerprint density at radius 1 is 1.04 bits per heavy atom. The number of benzene rings is 3. The average molecular weight is 650 g/mol. The standard InChI is InChI=1S/C34H39N3O8S/c1-3-16-37-22-32(38)35-28-14-17-36(33(39)15-18-46(41,42)27-10-5-4-6-11-27)21-31(28)44-23-24-8-7-9-26(19-24)45-30-20-25(34(37)40)12-13-29(30)43-2/h4-13,19-20,28,31H,3,14-18,21-23H2,1-2H3,(H,35,38)/t28-,31-/m0/s1. The van der Waals surface area contributed by atoms with Crippen LogP contribution >= 0.6 is 0 Å². The summed E-state index contributed by atoms with van der Waals surface area (Å²) in [6.45, 7) is 2.82. The predicted octanol–water partition coefficient (Wildman–Crippen LogP) is 3.82. The molecule has 0 aliphatic carbocycles. The van der Waals surface area contributed by atoms with Gasteiger partial charge in [0.25, 0.3) is 5.91 Å². The Morgan fingerprint density at radius 3 is 2.61 bits per heavy atom. The summed E-state index contributed by atoms with van der Waals surface area (Å²) in [6, 6.07) is 19.9. The Morgan fingerprint density at radius 2 is 1.85 bits per heavy atom. The lowest BCUT2D eigenvalue weighted by molar-refractivity contribution is -0.137. The monoisotopic (exact) mass is 649 g/mol. The van der Waals surface area contributed by atoms with E-state index in [9.17, 15) is 22.8 Å². The molecule has 12 heteroatoms. The molecule has 3 amide bonds. The number of fused-ring (bicyclic) bond motifs is 5. The molecule has 0 aromatic heterocycles. The molecular weight excluding hydrogens is 610 g/mol. The van der Waals surface area contributed by atoms with Crippen LogP contribution in [0.15, 0.2) is 77.7 Å². The first-order valence-electron chi connectivity index (χ1n) is 15.4. The molecule has 1 fully saturated rings. The van der Waals surface area contributed by atoms with E-state index < -0.39 is 22.0 Å². The molecule has 0 spiro atoms. The number of likely N-dealkylation sites (tertiary alicyclic amines) is 1. The van der Waals surface area contributed by atoms with E-state index in [1.54, 1.807) is 47.4 Å². The lowest BCUT2D eigenvalue weighted by atomic mass is 10.0. The summed E-state index contributed by atoms with van der Waals surface area (Å²) in [5.74, 6) is 0.0634. The maximum atomic E-state index is 13.6. The van der Waals surface area contributed by atoms with Crippen molar-refractivity contribution in [3.05, 3.63) is 83.9 Å². The van der Waals surface area contributed by atoms with Gasteiger partial charge in [-0.25, -0.2) is 8.42 Å². The van der Waals surface area contributed by atoms with Gasteiger partial charge >= 0.3 is 0 Å². The number of nitrogens with one attached hydrogen (secondary N) is 1. The number of hydrogen-bond donors (Lipinski definition) is 1. The third-order valence-corrected chi connectivity index (χ3v) is 9.79. The molecular formula is C34H39N3O8S. The van der Waals surface area contributed by atoms with E-state index in [0.717, 1.165) is 5.56 Å². The number of ether oxygens (including phenoxy) is 3. The summed E-state index contributed by atoms with van der Waals surface area (Å²) in [7, 11) is -2.10. The van der Waals surface area contributed by atoms with Crippen molar-refractivity contribution in [2.75, 3.05) is 39.0 Å². The Kier molecular flexibility index (Phi) is 10.6. The lowest BCUT2D eigenvalue weighted by Crippen LogP contribution is -2.57. The van der Waals surface area contributed by atoms with Crippen LogP contribution in [0, 0.1) is 0 Å². The van der Waals surface area contributed by atoms with Crippen molar-refractivity contribution < 1.29 is 37.0 Å². The smallest absolute Gasteiger partial charge is 0.254 e. The van der Waals surface area contributed by atoms with Gasteiger partial charge in [-0.2, -0.15) is 0 Å². The Hall–Kier alpha value is -4.42. The molecule has 11 nitrogen and oxygen atoms in total. The zero-order chi connectivity index (χ0) is 32.7. The number of amides is 3. The molecule has 2 atom stereocenters. The van der Waals surface area contributed by atoms with Crippen LogP contribution in [0.3, 0.4) is 0 Å². The van der Waals surface area contributed by atoms with Crippen LogP contribution in [0.2, 0.25) is 0 Å². The van der Waals surface area contributed by atoms with Gasteiger partial charge in [-0.05, 0) is 60.9 Å². The van der Waals surface area contributed by atoms with Gasteiger partial charge in [0.2, 0.25) is 11.8 Å². The molecule has 3 aromatic carbocycles. The fourth-order valence-electron chi connectivity index (χ4n) is 5.65. The van der Waals surface area contributed by atoms with Gasteiger partial charge in [0.1, 0.15) is 5.75 Å². The van der Waals surface area contributed by atoms with Crippen LogP contribution < -0.4 is 14.8 Å². The van der Waals surface area contributed by atoms with Crippen LogP contribution in [-0.2, 0) is 30.8 Å². The van der Waals surface area contributed by atoms with Crippen molar-refractivity contribution in [2.45, 2.75) is 49.8 Å². The molecule has 0 radical (unpaired) electrons. The Labute approximate surface area is 269 Å². The van der Waals surface area contributed by atoms with Crippen molar-refractivity contribution in [2.24, 2.45) is 0 Å². The molecule has 5 rings (SSSR count). The van der Waals surface area contributed by atoms with Crippen LogP contribution in [0.1, 0.15) is 42.1 Å². The van der Waals surface area contributed by atoms with E-state index in [1.165, 1.54) is 24.1 Å². The minimum atomic E-state index is -3.62. The highest BCUT2D eigenvalue weighted by Gasteiger charge is 2.34. The summed E-state index contributed by atoms with van der Waals surface area (Å²) in [5, 5.41) is 3.04. The maximum absolute atomic E-state index is 13.6. The number of carbonyl (C=O) groups excluding carboxylic acids is 3. The largest absolute Gasteiger partial charge is 0.493 e. The molecule has 0 unspecified atom stereocenters. The highest BCUT2D eigenvalue weighted by atomic mass is 32.2. The van der Waals surface area contributed by atoms with Crippen molar-refractivity contribution in [3.8, 4) is 17.2 Å². The van der Waals surface area contributed by atoms with Crippen molar-refractivity contribution in [3.63, 3.8) is 0 Å². The predicted molar refractivity (Wildman–Crippen MR) is 171 cm³/mol.